The summed E-state index contributed by atoms with van der Waals surface area (Å²) in [6, 6.07) is 6.47. The fraction of sp³-hybridized carbons (Fsp3) is 0.533. The Labute approximate surface area is 125 Å². The molecule has 1 aromatic rings. The lowest BCUT2D eigenvalue weighted by Crippen LogP contribution is -2.27. The predicted molar refractivity (Wildman–Crippen MR) is 78.8 cm³/mol. The topological polar surface area (TPSA) is 69.7 Å². The van der Waals surface area contributed by atoms with Gasteiger partial charge in [0.1, 0.15) is 6.10 Å². The zero-order valence-electron chi connectivity index (χ0n) is 12.2. The smallest absolute Gasteiger partial charge is 0.338 e. The van der Waals surface area contributed by atoms with Crippen molar-refractivity contribution in [3.05, 3.63) is 35.4 Å². The minimum absolute atomic E-state index is 0.0292. The lowest BCUT2D eigenvalue weighted by Gasteiger charge is -2.18. The van der Waals surface area contributed by atoms with Crippen LogP contribution in [0.3, 0.4) is 0 Å². The molecule has 1 aliphatic rings. The van der Waals surface area contributed by atoms with Gasteiger partial charge in [0.25, 0.3) is 0 Å². The van der Waals surface area contributed by atoms with E-state index >= 15 is 0 Å². The molecule has 1 aromatic carbocycles. The lowest BCUT2D eigenvalue weighted by molar-refractivity contribution is -0.0206. The molecule has 0 N–H and O–H groups in total. The minimum Gasteiger partial charge on any atom is -0.456 e. The zero-order chi connectivity index (χ0) is 15.5. The van der Waals surface area contributed by atoms with E-state index in [0.29, 0.717) is 11.1 Å². The molecule has 6 heteroatoms. The van der Waals surface area contributed by atoms with Gasteiger partial charge in [-0.15, -0.1) is 0 Å². The quantitative estimate of drug-likeness (QED) is 0.777. The van der Waals surface area contributed by atoms with Gasteiger partial charge in [0.2, 0.25) is 0 Å². The molecule has 0 aromatic heterocycles. The summed E-state index contributed by atoms with van der Waals surface area (Å²) in [6.07, 6.45) is 3.67. The number of carbonyl (C=O) groups excluding carboxylic acids is 1. The molecule has 0 amide bonds. The second-order valence-electron chi connectivity index (χ2n) is 5.42. The Bertz CT molecular complexity index is 591. The average Bonchev–Trinajstić information content (AvgIpc) is 2.85. The molecule has 0 heterocycles. The van der Waals surface area contributed by atoms with Crippen LogP contribution in [0.25, 0.3) is 0 Å². The number of ether oxygens (including phenoxy) is 2. The molecule has 1 aliphatic carbocycles. The third-order valence-corrected chi connectivity index (χ3v) is 4.43. The maximum Gasteiger partial charge on any atom is 0.338 e. The molecule has 21 heavy (non-hydrogen) atoms. The van der Waals surface area contributed by atoms with Crippen LogP contribution in [0, 0.1) is 0 Å². The van der Waals surface area contributed by atoms with Crippen molar-refractivity contribution in [1.29, 1.82) is 0 Å². The number of benzene rings is 1. The van der Waals surface area contributed by atoms with Crippen LogP contribution in [0.15, 0.2) is 24.3 Å². The zero-order valence-corrected chi connectivity index (χ0v) is 13.1. The van der Waals surface area contributed by atoms with Crippen molar-refractivity contribution in [1.82, 2.24) is 0 Å². The Morgan fingerprint density at radius 1 is 1.19 bits per heavy atom. The number of esters is 1. The van der Waals surface area contributed by atoms with Crippen LogP contribution in [0.4, 0.5) is 0 Å². The van der Waals surface area contributed by atoms with Crippen LogP contribution >= 0.6 is 0 Å². The molecule has 0 bridgehead atoms. The van der Waals surface area contributed by atoms with Crippen LogP contribution in [0.5, 0.6) is 0 Å². The molecule has 1 saturated carbocycles. The standard InChI is InChI=1S/C15H20O5S/c1-19-13-4-3-5-14(13)20-15(16)12-8-6-11(7-9-12)10-21(2,17)18/h6-9,13-14H,3-5,10H2,1-2H3/t13-,14+/m0/s1. The Morgan fingerprint density at radius 2 is 1.81 bits per heavy atom. The SMILES string of the molecule is CO[C@H]1CCC[C@H]1OC(=O)c1ccc(CS(C)(=O)=O)cc1. The van der Waals surface area contributed by atoms with E-state index in [-0.39, 0.29) is 18.0 Å². The predicted octanol–water partition coefficient (Wildman–Crippen LogP) is 1.96. The molecule has 0 aliphatic heterocycles. The van der Waals surface area contributed by atoms with Crippen molar-refractivity contribution in [3.8, 4) is 0 Å². The average molecular weight is 312 g/mol. The van der Waals surface area contributed by atoms with Gasteiger partial charge in [0.05, 0.1) is 17.4 Å². The molecule has 0 radical (unpaired) electrons. The van der Waals surface area contributed by atoms with Crippen molar-refractivity contribution in [3.63, 3.8) is 0 Å². The number of hydrogen-bond donors (Lipinski definition) is 0. The van der Waals surface area contributed by atoms with Gasteiger partial charge in [-0.2, -0.15) is 0 Å². The highest BCUT2D eigenvalue weighted by Gasteiger charge is 2.30. The van der Waals surface area contributed by atoms with Gasteiger partial charge in [-0.25, -0.2) is 13.2 Å². The van der Waals surface area contributed by atoms with Crippen molar-refractivity contribution in [2.75, 3.05) is 13.4 Å². The lowest BCUT2D eigenvalue weighted by atomic mass is 10.1. The Kier molecular flexibility index (Phi) is 5.00. The van der Waals surface area contributed by atoms with Crippen LogP contribution < -0.4 is 0 Å². The third-order valence-electron chi connectivity index (χ3n) is 3.57. The summed E-state index contributed by atoms with van der Waals surface area (Å²) < 4.78 is 33.2. The molecule has 1 fully saturated rings. The Hall–Kier alpha value is -1.40. The van der Waals surface area contributed by atoms with E-state index in [1.165, 1.54) is 6.26 Å². The van der Waals surface area contributed by atoms with Gasteiger partial charge in [-0.3, -0.25) is 0 Å². The van der Waals surface area contributed by atoms with Gasteiger partial charge in [0.15, 0.2) is 9.84 Å². The van der Waals surface area contributed by atoms with Gasteiger partial charge < -0.3 is 9.47 Å². The first kappa shape index (κ1) is 16.0. The summed E-state index contributed by atoms with van der Waals surface area (Å²) in [6.45, 7) is 0. The first-order valence-electron chi connectivity index (χ1n) is 6.89. The van der Waals surface area contributed by atoms with Crippen molar-refractivity contribution in [2.24, 2.45) is 0 Å². The minimum atomic E-state index is -3.07. The fourth-order valence-electron chi connectivity index (χ4n) is 2.54. The second-order valence-corrected chi connectivity index (χ2v) is 7.56. The van der Waals surface area contributed by atoms with Crippen molar-refractivity contribution in [2.45, 2.75) is 37.2 Å². The maximum atomic E-state index is 12.1. The fourth-order valence-corrected chi connectivity index (χ4v) is 3.34. The van der Waals surface area contributed by atoms with Crippen LogP contribution in [-0.2, 0) is 25.1 Å². The largest absolute Gasteiger partial charge is 0.456 e. The van der Waals surface area contributed by atoms with Crippen molar-refractivity contribution < 1.29 is 22.7 Å². The molecule has 5 nitrogen and oxygen atoms in total. The monoisotopic (exact) mass is 312 g/mol. The maximum absolute atomic E-state index is 12.1. The van der Waals surface area contributed by atoms with Crippen LogP contribution in [0.1, 0.15) is 35.2 Å². The normalized spacial score (nSPS) is 22.2. The molecule has 116 valence electrons. The van der Waals surface area contributed by atoms with E-state index < -0.39 is 15.8 Å². The number of rotatable bonds is 5. The van der Waals surface area contributed by atoms with E-state index in [1.54, 1.807) is 31.4 Å². The van der Waals surface area contributed by atoms with E-state index in [0.717, 1.165) is 19.3 Å². The van der Waals surface area contributed by atoms with E-state index in [9.17, 15) is 13.2 Å². The number of carbonyl (C=O) groups is 1. The van der Waals surface area contributed by atoms with Crippen LogP contribution in [0.2, 0.25) is 0 Å². The molecule has 0 saturated heterocycles. The Morgan fingerprint density at radius 3 is 2.38 bits per heavy atom. The Balaban J connectivity index is 2.00. The summed E-state index contributed by atoms with van der Waals surface area (Å²) in [7, 11) is -1.45. The molecule has 2 atom stereocenters. The summed E-state index contributed by atoms with van der Waals surface area (Å²) in [5.41, 5.74) is 1.08. The van der Waals surface area contributed by atoms with E-state index in [2.05, 4.69) is 0 Å². The van der Waals surface area contributed by atoms with Gasteiger partial charge in [-0.05, 0) is 37.0 Å². The summed E-state index contributed by atoms with van der Waals surface area (Å²) in [5, 5.41) is 0. The molecular formula is C15H20O5S. The first-order chi connectivity index (χ1) is 9.89. The molecule has 0 spiro atoms. The van der Waals surface area contributed by atoms with Crippen LogP contribution in [-0.4, -0.2) is 40.0 Å². The number of hydrogen-bond acceptors (Lipinski definition) is 5. The van der Waals surface area contributed by atoms with Gasteiger partial charge in [0, 0.05) is 13.4 Å². The van der Waals surface area contributed by atoms with E-state index in [4.69, 9.17) is 9.47 Å². The summed E-state index contributed by atoms with van der Waals surface area (Å²) >= 11 is 0. The third kappa shape index (κ3) is 4.54. The second kappa shape index (κ2) is 6.58. The highest BCUT2D eigenvalue weighted by Crippen LogP contribution is 2.25. The van der Waals surface area contributed by atoms with Gasteiger partial charge in [-0.1, -0.05) is 12.1 Å². The highest BCUT2D eigenvalue weighted by molar-refractivity contribution is 7.89. The summed E-state index contributed by atoms with van der Waals surface area (Å²) in [5.74, 6) is -0.425. The number of sulfone groups is 1. The van der Waals surface area contributed by atoms with E-state index in [1.807, 2.05) is 0 Å². The van der Waals surface area contributed by atoms with Gasteiger partial charge >= 0.3 is 5.97 Å². The molecule has 2 rings (SSSR count). The highest BCUT2D eigenvalue weighted by atomic mass is 32.2. The first-order valence-corrected chi connectivity index (χ1v) is 8.95. The molecular weight excluding hydrogens is 292 g/mol. The van der Waals surface area contributed by atoms with Crippen molar-refractivity contribution >= 4 is 15.8 Å². The molecule has 0 unspecified atom stereocenters. The number of methoxy groups -OCH3 is 1. The summed E-state index contributed by atoms with van der Waals surface area (Å²) in [4.78, 5) is 12.1.